The number of sulfonamides is 1. The van der Waals surface area contributed by atoms with E-state index < -0.39 is 28.3 Å². The van der Waals surface area contributed by atoms with Gasteiger partial charge in [0.1, 0.15) is 12.4 Å². The molecular weight excluding hydrogens is 518 g/mol. The van der Waals surface area contributed by atoms with E-state index in [1.165, 1.54) is 24.3 Å². The lowest BCUT2D eigenvalue weighted by Crippen LogP contribution is -2.41. The van der Waals surface area contributed by atoms with Gasteiger partial charge in [-0.3, -0.25) is 9.10 Å². The number of halogens is 3. The molecule has 5 nitrogen and oxygen atoms in total. The van der Waals surface area contributed by atoms with Gasteiger partial charge >= 0.3 is 0 Å². The van der Waals surface area contributed by atoms with Gasteiger partial charge in [-0.2, -0.15) is 11.8 Å². The first kappa shape index (κ1) is 26.3. The lowest BCUT2D eigenvalue weighted by Gasteiger charge is -2.24. The van der Waals surface area contributed by atoms with Crippen molar-refractivity contribution < 1.29 is 17.6 Å². The number of amides is 1. The summed E-state index contributed by atoms with van der Waals surface area (Å²) in [6, 6.07) is 18.9. The van der Waals surface area contributed by atoms with Crippen LogP contribution in [0.25, 0.3) is 0 Å². The van der Waals surface area contributed by atoms with Crippen LogP contribution in [0, 0.1) is 5.82 Å². The van der Waals surface area contributed by atoms with Gasteiger partial charge in [-0.05, 0) is 60.2 Å². The lowest BCUT2D eigenvalue weighted by molar-refractivity contribution is -0.119. The van der Waals surface area contributed by atoms with Crippen LogP contribution in [0.15, 0.2) is 77.7 Å². The Morgan fingerprint density at radius 1 is 1.00 bits per heavy atom. The minimum atomic E-state index is -4.07. The summed E-state index contributed by atoms with van der Waals surface area (Å²) in [5, 5.41) is 3.22. The van der Waals surface area contributed by atoms with Crippen LogP contribution in [0.1, 0.15) is 12.0 Å². The van der Waals surface area contributed by atoms with Crippen molar-refractivity contribution >= 4 is 56.6 Å². The smallest absolute Gasteiger partial charge is 0.264 e. The third-order valence-corrected chi connectivity index (χ3v) is 8.22. The molecule has 1 N–H and O–H groups in total. The van der Waals surface area contributed by atoms with Gasteiger partial charge < -0.3 is 5.32 Å². The number of thioether (sulfide) groups is 1. The first-order valence-electron chi connectivity index (χ1n) is 10.4. The number of benzene rings is 3. The Hall–Kier alpha value is -2.26. The van der Waals surface area contributed by atoms with Gasteiger partial charge in [0.15, 0.2) is 0 Å². The molecule has 0 heterocycles. The normalized spacial score (nSPS) is 11.3. The van der Waals surface area contributed by atoms with Crippen molar-refractivity contribution in [2.75, 3.05) is 23.1 Å². The molecule has 0 fully saturated rings. The molecule has 0 aromatic heterocycles. The molecule has 3 aromatic rings. The van der Waals surface area contributed by atoms with Crippen molar-refractivity contribution in [3.8, 4) is 0 Å². The standard InChI is InChI=1S/C24H23Cl2FN2O3S2/c25-19-9-7-18(8-10-19)17-33-14-4-13-28-24(30)16-29(20-11-12-23(27)22(26)15-20)34(31,32)21-5-2-1-3-6-21/h1-3,5-12,15H,4,13-14,16-17H2,(H,28,30). The maximum Gasteiger partial charge on any atom is 0.264 e. The molecule has 0 bridgehead atoms. The third-order valence-electron chi connectivity index (χ3n) is 4.78. The monoisotopic (exact) mass is 540 g/mol. The molecule has 180 valence electrons. The fourth-order valence-corrected chi connectivity index (χ4v) is 5.69. The first-order valence-corrected chi connectivity index (χ1v) is 13.7. The van der Waals surface area contributed by atoms with E-state index in [-0.39, 0.29) is 15.6 Å². The van der Waals surface area contributed by atoms with E-state index in [0.29, 0.717) is 11.6 Å². The van der Waals surface area contributed by atoms with Crippen LogP contribution in [0.3, 0.4) is 0 Å². The topological polar surface area (TPSA) is 66.5 Å². The number of hydrogen-bond acceptors (Lipinski definition) is 4. The van der Waals surface area contributed by atoms with E-state index in [1.807, 2.05) is 24.3 Å². The van der Waals surface area contributed by atoms with E-state index in [2.05, 4.69) is 5.32 Å². The molecule has 10 heteroatoms. The summed E-state index contributed by atoms with van der Waals surface area (Å²) in [5.41, 5.74) is 1.27. The van der Waals surface area contributed by atoms with E-state index in [9.17, 15) is 17.6 Å². The zero-order valence-electron chi connectivity index (χ0n) is 18.1. The second-order valence-corrected chi connectivity index (χ2v) is 11.1. The maximum atomic E-state index is 13.7. The molecule has 0 radical (unpaired) electrons. The van der Waals surface area contributed by atoms with Crippen LogP contribution in [-0.2, 0) is 20.6 Å². The fraction of sp³-hybridized carbons (Fsp3) is 0.208. The number of carbonyl (C=O) groups is 1. The van der Waals surface area contributed by atoms with Crippen molar-refractivity contribution in [2.45, 2.75) is 17.1 Å². The zero-order valence-corrected chi connectivity index (χ0v) is 21.2. The molecule has 3 aromatic carbocycles. The maximum absolute atomic E-state index is 13.7. The largest absolute Gasteiger partial charge is 0.354 e. The van der Waals surface area contributed by atoms with Crippen molar-refractivity contribution in [1.29, 1.82) is 0 Å². The average molecular weight is 541 g/mol. The van der Waals surface area contributed by atoms with Gasteiger partial charge in [-0.25, -0.2) is 12.8 Å². The Kier molecular flexibility index (Phi) is 9.64. The van der Waals surface area contributed by atoms with E-state index in [4.69, 9.17) is 23.2 Å². The van der Waals surface area contributed by atoms with Crippen LogP contribution in [0.5, 0.6) is 0 Å². The number of carbonyl (C=O) groups excluding carboxylic acids is 1. The molecule has 0 saturated carbocycles. The molecule has 0 aliphatic heterocycles. The number of hydrogen-bond donors (Lipinski definition) is 1. The minimum Gasteiger partial charge on any atom is -0.354 e. The molecule has 3 rings (SSSR count). The molecule has 0 unspecified atom stereocenters. The predicted molar refractivity (Wildman–Crippen MR) is 138 cm³/mol. The highest BCUT2D eigenvalue weighted by atomic mass is 35.5. The Bertz CT molecular complexity index is 1210. The van der Waals surface area contributed by atoms with Crippen molar-refractivity contribution in [2.24, 2.45) is 0 Å². The number of anilines is 1. The van der Waals surface area contributed by atoms with Gasteiger partial charge in [0.2, 0.25) is 5.91 Å². The van der Waals surface area contributed by atoms with Gasteiger partial charge in [0.25, 0.3) is 10.0 Å². The number of rotatable bonds is 11. The molecule has 0 aliphatic carbocycles. The lowest BCUT2D eigenvalue weighted by atomic mass is 10.2. The summed E-state index contributed by atoms with van der Waals surface area (Å²) in [4.78, 5) is 12.6. The number of nitrogens with zero attached hydrogens (tertiary/aromatic N) is 1. The fourth-order valence-electron chi connectivity index (χ4n) is 3.03. The van der Waals surface area contributed by atoms with Gasteiger partial charge in [-0.15, -0.1) is 0 Å². The summed E-state index contributed by atoms with van der Waals surface area (Å²) >= 11 is 13.5. The first-order chi connectivity index (χ1) is 16.3. The Morgan fingerprint density at radius 2 is 1.71 bits per heavy atom. The zero-order chi connectivity index (χ0) is 24.6. The van der Waals surface area contributed by atoms with Crippen molar-refractivity contribution in [3.05, 3.63) is 94.2 Å². The average Bonchev–Trinajstić information content (AvgIpc) is 2.83. The molecule has 0 saturated heterocycles. The molecular formula is C24H23Cl2FN2O3S2. The second kappa shape index (κ2) is 12.4. The Balaban J connectivity index is 1.59. The summed E-state index contributed by atoms with van der Waals surface area (Å²) in [7, 11) is -4.07. The predicted octanol–water partition coefficient (Wildman–Crippen LogP) is 5.77. The Morgan fingerprint density at radius 3 is 2.38 bits per heavy atom. The quantitative estimate of drug-likeness (QED) is 0.313. The van der Waals surface area contributed by atoms with Crippen LogP contribution in [0.4, 0.5) is 10.1 Å². The summed E-state index contributed by atoms with van der Waals surface area (Å²) in [6.45, 7) is -0.0625. The molecule has 0 atom stereocenters. The second-order valence-electron chi connectivity index (χ2n) is 7.31. The van der Waals surface area contributed by atoms with Gasteiger partial charge in [-0.1, -0.05) is 53.5 Å². The van der Waals surface area contributed by atoms with Crippen LogP contribution < -0.4 is 9.62 Å². The SMILES string of the molecule is O=C(CN(c1ccc(F)c(Cl)c1)S(=O)(=O)c1ccccc1)NCCCSCc1ccc(Cl)cc1. The van der Waals surface area contributed by atoms with Crippen LogP contribution in [0.2, 0.25) is 10.0 Å². The number of nitrogens with one attached hydrogen (secondary N) is 1. The van der Waals surface area contributed by atoms with E-state index in [1.54, 1.807) is 30.0 Å². The summed E-state index contributed by atoms with van der Waals surface area (Å²) < 4.78 is 41.0. The van der Waals surface area contributed by atoms with E-state index in [0.717, 1.165) is 33.9 Å². The third kappa shape index (κ3) is 7.37. The minimum absolute atomic E-state index is 0.0156. The van der Waals surface area contributed by atoms with Crippen molar-refractivity contribution in [1.82, 2.24) is 5.32 Å². The van der Waals surface area contributed by atoms with E-state index >= 15 is 0 Å². The molecule has 0 aliphatic rings. The summed E-state index contributed by atoms with van der Waals surface area (Å²) in [5.74, 6) is 0.507. The Labute approximate surface area is 213 Å². The van der Waals surface area contributed by atoms with Crippen molar-refractivity contribution in [3.63, 3.8) is 0 Å². The molecule has 0 spiro atoms. The highest BCUT2D eigenvalue weighted by Gasteiger charge is 2.27. The van der Waals surface area contributed by atoms with Gasteiger partial charge in [0.05, 0.1) is 15.6 Å². The molecule has 1 amide bonds. The van der Waals surface area contributed by atoms with Crippen LogP contribution in [-0.4, -0.2) is 33.2 Å². The highest BCUT2D eigenvalue weighted by Crippen LogP contribution is 2.27. The van der Waals surface area contributed by atoms with Crippen LogP contribution >= 0.6 is 35.0 Å². The molecule has 34 heavy (non-hydrogen) atoms. The highest BCUT2D eigenvalue weighted by molar-refractivity contribution is 7.98. The van der Waals surface area contributed by atoms with Gasteiger partial charge in [0, 0.05) is 17.3 Å². The summed E-state index contributed by atoms with van der Waals surface area (Å²) in [6.07, 6.45) is 0.720.